The van der Waals surface area contributed by atoms with Crippen molar-refractivity contribution < 1.29 is 14.3 Å². The first kappa shape index (κ1) is 12.7. The van der Waals surface area contributed by atoms with Crippen LogP contribution in [0.5, 0.6) is 0 Å². The highest BCUT2D eigenvalue weighted by molar-refractivity contribution is 5.98. The first-order valence-electron chi connectivity index (χ1n) is 4.97. The van der Waals surface area contributed by atoms with Crippen molar-refractivity contribution in [3.8, 4) is 0 Å². The van der Waals surface area contributed by atoms with Crippen LogP contribution in [0.15, 0.2) is 24.3 Å². The van der Waals surface area contributed by atoms with Crippen molar-refractivity contribution >= 4 is 11.5 Å². The number of ether oxygens (including phenoxy) is 2. The second-order valence-corrected chi connectivity index (χ2v) is 3.61. The fraction of sp³-hybridized carbons (Fsp3) is 0.417. The van der Waals surface area contributed by atoms with Crippen LogP contribution in [-0.4, -0.2) is 40.4 Å². The number of carbonyl (C=O) groups excluding carboxylic acids is 1. The van der Waals surface area contributed by atoms with Gasteiger partial charge in [0.2, 0.25) is 12.1 Å². The molecular formula is C12H17NO3. The minimum absolute atomic E-state index is 0.171. The molecule has 0 amide bonds. The Labute approximate surface area is 95.8 Å². The van der Waals surface area contributed by atoms with Gasteiger partial charge in [0, 0.05) is 39.6 Å². The number of carbonyl (C=O) groups is 1. The fourth-order valence-corrected chi connectivity index (χ4v) is 1.37. The predicted molar refractivity (Wildman–Crippen MR) is 62.9 cm³/mol. The third-order valence-electron chi connectivity index (χ3n) is 2.31. The van der Waals surface area contributed by atoms with Gasteiger partial charge in [0.15, 0.2) is 0 Å². The van der Waals surface area contributed by atoms with E-state index in [4.69, 9.17) is 9.47 Å². The van der Waals surface area contributed by atoms with E-state index in [0.717, 1.165) is 5.69 Å². The van der Waals surface area contributed by atoms with E-state index >= 15 is 0 Å². The molecule has 88 valence electrons. The molecule has 4 nitrogen and oxygen atoms in total. The maximum atomic E-state index is 11.8. The van der Waals surface area contributed by atoms with Crippen LogP contribution in [0.1, 0.15) is 10.4 Å². The highest BCUT2D eigenvalue weighted by atomic mass is 16.7. The van der Waals surface area contributed by atoms with E-state index in [2.05, 4.69) is 0 Å². The fourth-order valence-electron chi connectivity index (χ4n) is 1.37. The highest BCUT2D eigenvalue weighted by Crippen LogP contribution is 2.14. The summed E-state index contributed by atoms with van der Waals surface area (Å²) in [5.41, 5.74) is 1.63. The highest BCUT2D eigenvalue weighted by Gasteiger charge is 2.18. The molecule has 1 rings (SSSR count). The summed E-state index contributed by atoms with van der Waals surface area (Å²) >= 11 is 0. The Morgan fingerprint density at radius 1 is 1.12 bits per heavy atom. The molecule has 0 bridgehead atoms. The second kappa shape index (κ2) is 5.63. The van der Waals surface area contributed by atoms with Gasteiger partial charge in [0.05, 0.1) is 0 Å². The van der Waals surface area contributed by atoms with Crippen molar-refractivity contribution in [1.29, 1.82) is 0 Å². The molecule has 0 aromatic heterocycles. The largest absolute Gasteiger partial charge is 0.378 e. The summed E-state index contributed by atoms with van der Waals surface area (Å²) in [6, 6.07) is 7.30. The number of nitrogens with zero attached hydrogens (tertiary/aromatic N) is 1. The van der Waals surface area contributed by atoms with E-state index in [1.807, 2.05) is 31.1 Å². The zero-order valence-electron chi connectivity index (χ0n) is 10.1. The van der Waals surface area contributed by atoms with E-state index in [1.54, 1.807) is 12.1 Å². The Hall–Kier alpha value is -1.39. The minimum atomic E-state index is -0.829. The van der Waals surface area contributed by atoms with Crippen LogP contribution in [0.25, 0.3) is 0 Å². The topological polar surface area (TPSA) is 38.8 Å². The van der Waals surface area contributed by atoms with Gasteiger partial charge in [0.1, 0.15) is 0 Å². The number of rotatable bonds is 5. The van der Waals surface area contributed by atoms with E-state index in [-0.39, 0.29) is 5.78 Å². The number of anilines is 1. The molecule has 0 saturated carbocycles. The van der Waals surface area contributed by atoms with Gasteiger partial charge in [-0.1, -0.05) is 0 Å². The van der Waals surface area contributed by atoms with Crippen molar-refractivity contribution in [2.24, 2.45) is 0 Å². The van der Waals surface area contributed by atoms with E-state index in [1.165, 1.54) is 14.2 Å². The number of hydrogen-bond acceptors (Lipinski definition) is 4. The number of Topliss-reactive ketones (excluding diaryl/α,β-unsaturated/α-hetero) is 1. The van der Waals surface area contributed by atoms with Crippen molar-refractivity contribution in [2.75, 3.05) is 33.2 Å². The smallest absolute Gasteiger partial charge is 0.222 e. The molecule has 0 N–H and O–H groups in total. The number of benzene rings is 1. The Bertz CT molecular complexity index is 342. The van der Waals surface area contributed by atoms with Crippen molar-refractivity contribution in [3.05, 3.63) is 29.8 Å². The maximum absolute atomic E-state index is 11.8. The first-order chi connectivity index (χ1) is 7.60. The zero-order chi connectivity index (χ0) is 12.1. The lowest BCUT2D eigenvalue weighted by Gasteiger charge is -2.14. The van der Waals surface area contributed by atoms with Gasteiger partial charge in [0.25, 0.3) is 0 Å². The average molecular weight is 223 g/mol. The molecule has 0 atom stereocenters. The van der Waals surface area contributed by atoms with Gasteiger partial charge < -0.3 is 14.4 Å². The Morgan fingerprint density at radius 3 is 2.00 bits per heavy atom. The first-order valence-corrected chi connectivity index (χ1v) is 4.97. The Morgan fingerprint density at radius 2 is 1.62 bits per heavy atom. The molecule has 1 aromatic rings. The summed E-state index contributed by atoms with van der Waals surface area (Å²) in [6.07, 6.45) is -0.829. The molecule has 0 aliphatic heterocycles. The SMILES string of the molecule is COC(OC)C(=O)c1ccc(N(C)C)cc1. The molecule has 16 heavy (non-hydrogen) atoms. The van der Waals surface area contributed by atoms with Crippen LogP contribution >= 0.6 is 0 Å². The quantitative estimate of drug-likeness (QED) is 0.561. The summed E-state index contributed by atoms with van der Waals surface area (Å²) < 4.78 is 9.82. The Kier molecular flexibility index (Phi) is 4.46. The summed E-state index contributed by atoms with van der Waals surface area (Å²) in [7, 11) is 6.79. The third-order valence-corrected chi connectivity index (χ3v) is 2.31. The van der Waals surface area contributed by atoms with Gasteiger partial charge in [-0.05, 0) is 24.3 Å². The predicted octanol–water partition coefficient (Wildman–Crippen LogP) is 1.55. The van der Waals surface area contributed by atoms with Gasteiger partial charge in [-0.2, -0.15) is 0 Å². The second-order valence-electron chi connectivity index (χ2n) is 3.61. The van der Waals surface area contributed by atoms with Gasteiger partial charge >= 0.3 is 0 Å². The summed E-state index contributed by atoms with van der Waals surface area (Å²) in [6.45, 7) is 0. The molecule has 0 radical (unpaired) electrons. The lowest BCUT2D eigenvalue weighted by molar-refractivity contribution is -0.0742. The van der Waals surface area contributed by atoms with Crippen LogP contribution in [0.3, 0.4) is 0 Å². The van der Waals surface area contributed by atoms with Crippen LogP contribution in [-0.2, 0) is 9.47 Å². The van der Waals surface area contributed by atoms with Gasteiger partial charge in [-0.15, -0.1) is 0 Å². The normalized spacial score (nSPS) is 10.6. The van der Waals surface area contributed by atoms with Crippen LogP contribution in [0.2, 0.25) is 0 Å². The number of hydrogen-bond donors (Lipinski definition) is 0. The van der Waals surface area contributed by atoms with Gasteiger partial charge in [-0.25, -0.2) is 0 Å². The molecule has 0 aliphatic rings. The molecule has 0 fully saturated rings. The molecule has 0 aliphatic carbocycles. The minimum Gasteiger partial charge on any atom is -0.378 e. The summed E-state index contributed by atoms with van der Waals surface area (Å²) in [5.74, 6) is -0.171. The van der Waals surface area contributed by atoms with Crippen molar-refractivity contribution in [3.63, 3.8) is 0 Å². The lowest BCUT2D eigenvalue weighted by atomic mass is 10.1. The molecule has 0 saturated heterocycles. The number of methoxy groups -OCH3 is 2. The monoisotopic (exact) mass is 223 g/mol. The average Bonchev–Trinajstić information content (AvgIpc) is 2.30. The molecular weight excluding hydrogens is 206 g/mol. The third kappa shape index (κ3) is 2.81. The Balaban J connectivity index is 2.85. The van der Waals surface area contributed by atoms with Crippen LogP contribution in [0, 0.1) is 0 Å². The van der Waals surface area contributed by atoms with Crippen molar-refractivity contribution in [2.45, 2.75) is 6.29 Å². The van der Waals surface area contributed by atoms with Crippen molar-refractivity contribution in [1.82, 2.24) is 0 Å². The van der Waals surface area contributed by atoms with Gasteiger partial charge in [-0.3, -0.25) is 4.79 Å². The molecule has 0 unspecified atom stereocenters. The molecule has 4 heteroatoms. The van der Waals surface area contributed by atoms with E-state index < -0.39 is 6.29 Å². The maximum Gasteiger partial charge on any atom is 0.222 e. The zero-order valence-corrected chi connectivity index (χ0v) is 10.1. The molecule has 1 aromatic carbocycles. The standard InChI is InChI=1S/C12H17NO3/c1-13(2)10-7-5-9(6-8-10)11(14)12(15-3)16-4/h5-8,12H,1-4H3. The molecule has 0 spiro atoms. The van der Waals surface area contributed by atoms with E-state index in [9.17, 15) is 4.79 Å². The number of ketones is 1. The summed E-state index contributed by atoms with van der Waals surface area (Å²) in [5, 5.41) is 0. The molecule has 0 heterocycles. The summed E-state index contributed by atoms with van der Waals surface area (Å²) in [4.78, 5) is 13.8. The lowest BCUT2D eigenvalue weighted by Crippen LogP contribution is -2.24. The van der Waals surface area contributed by atoms with E-state index in [0.29, 0.717) is 5.56 Å². The van der Waals surface area contributed by atoms with Crippen LogP contribution < -0.4 is 4.90 Å². The van der Waals surface area contributed by atoms with Crippen LogP contribution in [0.4, 0.5) is 5.69 Å².